The lowest BCUT2D eigenvalue weighted by Crippen LogP contribution is -2.46. The molecule has 8 nitrogen and oxygen atoms in total. The van der Waals surface area contributed by atoms with Gasteiger partial charge >= 0.3 is 5.97 Å². The van der Waals surface area contributed by atoms with Crippen LogP contribution in [0, 0.1) is 5.82 Å². The molecule has 1 heterocycles. The molecule has 1 N–H and O–H groups in total. The number of esters is 1. The summed E-state index contributed by atoms with van der Waals surface area (Å²) in [7, 11) is -4.35. The van der Waals surface area contributed by atoms with Gasteiger partial charge in [-0.25, -0.2) is 12.8 Å². The average molecular weight is 450 g/mol. The van der Waals surface area contributed by atoms with Gasteiger partial charge in [-0.05, 0) is 24.1 Å². The van der Waals surface area contributed by atoms with Gasteiger partial charge in [-0.3, -0.25) is 9.59 Å². The summed E-state index contributed by atoms with van der Waals surface area (Å²) in [6.45, 7) is 1.07. The van der Waals surface area contributed by atoms with E-state index in [0.717, 1.165) is 12.1 Å². The fourth-order valence-corrected chi connectivity index (χ4v) is 4.34. The number of nitrogens with one attached hydrogen (secondary N) is 1. The number of carbonyl (C=O) groups is 2. The Morgan fingerprint density at radius 2 is 1.71 bits per heavy atom. The number of morpholine rings is 1. The number of sulfonamides is 1. The maximum Gasteiger partial charge on any atom is 0.325 e. The molecular weight excluding hydrogens is 427 g/mol. The van der Waals surface area contributed by atoms with E-state index >= 15 is 0 Å². The van der Waals surface area contributed by atoms with Crippen LogP contribution in [0.3, 0.4) is 0 Å². The quantitative estimate of drug-likeness (QED) is 0.605. The van der Waals surface area contributed by atoms with Crippen LogP contribution in [0.2, 0.25) is 0 Å². The van der Waals surface area contributed by atoms with E-state index in [4.69, 9.17) is 9.47 Å². The van der Waals surface area contributed by atoms with E-state index in [1.54, 1.807) is 30.3 Å². The minimum absolute atomic E-state index is 0.0287. The topological polar surface area (TPSA) is 102 Å². The van der Waals surface area contributed by atoms with Crippen molar-refractivity contribution in [3.63, 3.8) is 0 Å². The third-order valence-electron chi connectivity index (χ3n) is 4.69. The Balaban J connectivity index is 1.73. The number of carbonyl (C=O) groups excluding carboxylic acids is 2. The second-order valence-electron chi connectivity index (χ2n) is 6.89. The average Bonchev–Trinajstić information content (AvgIpc) is 2.78. The summed E-state index contributed by atoms with van der Waals surface area (Å²) >= 11 is 0. The zero-order chi connectivity index (χ0) is 22.3. The molecular formula is C21H23FN2O6S. The number of amides is 1. The monoisotopic (exact) mass is 450 g/mol. The molecule has 0 unspecified atom stereocenters. The number of benzene rings is 2. The van der Waals surface area contributed by atoms with E-state index in [0.29, 0.717) is 31.9 Å². The molecule has 0 aliphatic carbocycles. The highest BCUT2D eigenvalue weighted by Crippen LogP contribution is 2.15. The van der Waals surface area contributed by atoms with Crippen LogP contribution in [0.4, 0.5) is 4.39 Å². The van der Waals surface area contributed by atoms with E-state index in [1.165, 1.54) is 17.0 Å². The van der Waals surface area contributed by atoms with Crippen molar-refractivity contribution < 1.29 is 31.9 Å². The molecule has 0 aromatic heterocycles. The van der Waals surface area contributed by atoms with Crippen LogP contribution in [0.15, 0.2) is 59.5 Å². The summed E-state index contributed by atoms with van der Waals surface area (Å²) in [5.74, 6) is -2.26. The minimum atomic E-state index is -4.35. The first-order chi connectivity index (χ1) is 14.9. The van der Waals surface area contributed by atoms with E-state index in [9.17, 15) is 22.4 Å². The number of ether oxygens (including phenoxy) is 2. The predicted octanol–water partition coefficient (Wildman–Crippen LogP) is 1.12. The van der Waals surface area contributed by atoms with Crippen LogP contribution >= 0.6 is 0 Å². The zero-order valence-electron chi connectivity index (χ0n) is 16.7. The number of hydrogen-bond donors (Lipinski definition) is 1. The summed E-state index contributed by atoms with van der Waals surface area (Å²) < 4.78 is 51.9. The van der Waals surface area contributed by atoms with Crippen molar-refractivity contribution in [2.24, 2.45) is 0 Å². The van der Waals surface area contributed by atoms with E-state index in [-0.39, 0.29) is 6.42 Å². The molecule has 10 heteroatoms. The summed E-state index contributed by atoms with van der Waals surface area (Å²) in [6, 6.07) is 12.2. The van der Waals surface area contributed by atoms with E-state index < -0.39 is 45.3 Å². The van der Waals surface area contributed by atoms with Gasteiger partial charge in [0, 0.05) is 13.1 Å². The molecule has 1 aliphatic heterocycles. The Bertz CT molecular complexity index is 1010. The fourth-order valence-electron chi connectivity index (χ4n) is 3.07. The standard InChI is InChI=1S/C21H23FN2O6S/c22-17-8-4-5-9-19(17)31(27,28)23-18(14-16-6-2-1-3-7-16)21(26)30-15-20(25)24-10-12-29-13-11-24/h1-9,18,23H,10-15H2/t18-/m0/s1. The van der Waals surface area contributed by atoms with Crippen LogP contribution < -0.4 is 4.72 Å². The van der Waals surface area contributed by atoms with Crippen molar-refractivity contribution in [1.29, 1.82) is 0 Å². The highest BCUT2D eigenvalue weighted by Gasteiger charge is 2.30. The molecule has 1 fully saturated rings. The third kappa shape index (κ3) is 6.33. The van der Waals surface area contributed by atoms with Crippen LogP contribution in [0.25, 0.3) is 0 Å². The summed E-state index contributed by atoms with van der Waals surface area (Å²) in [5, 5.41) is 0. The van der Waals surface area contributed by atoms with Crippen molar-refractivity contribution in [3.05, 3.63) is 66.0 Å². The SMILES string of the molecule is O=C(OCC(=O)N1CCOCC1)[C@H](Cc1ccccc1)NS(=O)(=O)c1ccccc1F. The number of halogens is 1. The molecule has 2 aromatic carbocycles. The maximum atomic E-state index is 14.0. The lowest BCUT2D eigenvalue weighted by Gasteiger charge is -2.27. The molecule has 31 heavy (non-hydrogen) atoms. The van der Waals surface area contributed by atoms with Crippen LogP contribution in [0.5, 0.6) is 0 Å². The summed E-state index contributed by atoms with van der Waals surface area (Å²) in [6.07, 6.45) is -0.0287. The normalized spacial score (nSPS) is 15.3. The minimum Gasteiger partial charge on any atom is -0.454 e. The second-order valence-corrected chi connectivity index (χ2v) is 8.58. The number of nitrogens with zero attached hydrogens (tertiary/aromatic N) is 1. The fraction of sp³-hybridized carbons (Fsp3) is 0.333. The molecule has 3 rings (SSSR count). The molecule has 0 spiro atoms. The van der Waals surface area contributed by atoms with Crippen molar-refractivity contribution in [3.8, 4) is 0 Å². The molecule has 0 bridgehead atoms. The Kier molecular flexibility index (Phi) is 7.72. The summed E-state index contributed by atoms with van der Waals surface area (Å²) in [4.78, 5) is 25.9. The molecule has 1 saturated heterocycles. The van der Waals surface area contributed by atoms with Gasteiger partial charge in [0.05, 0.1) is 13.2 Å². The zero-order valence-corrected chi connectivity index (χ0v) is 17.5. The van der Waals surface area contributed by atoms with Crippen molar-refractivity contribution in [2.75, 3.05) is 32.9 Å². The van der Waals surface area contributed by atoms with Crippen LogP contribution in [-0.4, -0.2) is 64.1 Å². The third-order valence-corrected chi connectivity index (χ3v) is 6.20. The lowest BCUT2D eigenvalue weighted by atomic mass is 10.1. The maximum absolute atomic E-state index is 14.0. The molecule has 1 aliphatic rings. The van der Waals surface area contributed by atoms with Gasteiger partial charge in [-0.15, -0.1) is 0 Å². The van der Waals surface area contributed by atoms with Gasteiger partial charge in [0.25, 0.3) is 5.91 Å². The van der Waals surface area contributed by atoms with Crippen LogP contribution in [-0.2, 0) is 35.5 Å². The van der Waals surface area contributed by atoms with Gasteiger partial charge in [0.15, 0.2) is 6.61 Å². The van der Waals surface area contributed by atoms with Crippen molar-refractivity contribution in [2.45, 2.75) is 17.4 Å². The van der Waals surface area contributed by atoms with Crippen molar-refractivity contribution >= 4 is 21.9 Å². The number of rotatable bonds is 8. The molecule has 0 radical (unpaired) electrons. The van der Waals surface area contributed by atoms with Crippen molar-refractivity contribution in [1.82, 2.24) is 9.62 Å². The Morgan fingerprint density at radius 3 is 2.39 bits per heavy atom. The van der Waals surface area contributed by atoms with Crippen LogP contribution in [0.1, 0.15) is 5.56 Å². The first kappa shape index (κ1) is 22.9. The Labute approximate surface area is 180 Å². The second kappa shape index (κ2) is 10.5. The first-order valence-electron chi connectivity index (χ1n) is 9.70. The van der Waals surface area contributed by atoms with Gasteiger partial charge in [0.1, 0.15) is 16.8 Å². The predicted molar refractivity (Wildman–Crippen MR) is 109 cm³/mol. The highest BCUT2D eigenvalue weighted by molar-refractivity contribution is 7.89. The molecule has 0 saturated carbocycles. The largest absolute Gasteiger partial charge is 0.454 e. The van der Waals surface area contributed by atoms with Gasteiger partial charge < -0.3 is 14.4 Å². The number of hydrogen-bond acceptors (Lipinski definition) is 6. The molecule has 1 atom stereocenters. The molecule has 166 valence electrons. The van der Waals surface area contributed by atoms with E-state index in [2.05, 4.69) is 4.72 Å². The molecule has 1 amide bonds. The Morgan fingerprint density at radius 1 is 1.06 bits per heavy atom. The lowest BCUT2D eigenvalue weighted by molar-refractivity contribution is -0.154. The van der Waals surface area contributed by atoms with Gasteiger partial charge in [-0.2, -0.15) is 4.72 Å². The Hall–Kier alpha value is -2.82. The summed E-state index contributed by atoms with van der Waals surface area (Å²) in [5.41, 5.74) is 0.667. The smallest absolute Gasteiger partial charge is 0.325 e. The van der Waals surface area contributed by atoms with E-state index in [1.807, 2.05) is 0 Å². The first-order valence-corrected chi connectivity index (χ1v) is 11.2. The van der Waals surface area contributed by atoms with Gasteiger partial charge in [0.2, 0.25) is 10.0 Å². The highest BCUT2D eigenvalue weighted by atomic mass is 32.2. The van der Waals surface area contributed by atoms with Gasteiger partial charge in [-0.1, -0.05) is 42.5 Å². The molecule has 2 aromatic rings.